The van der Waals surface area contributed by atoms with Crippen LogP contribution in [0.25, 0.3) is 6.08 Å². The maximum Gasteiger partial charge on any atom is 0.185 e. The number of ketones is 1. The smallest absolute Gasteiger partial charge is 0.185 e. The van der Waals surface area contributed by atoms with E-state index < -0.39 is 23.4 Å². The van der Waals surface area contributed by atoms with Crippen LogP contribution in [0.4, 0.5) is 5.69 Å². The second-order valence-electron chi connectivity index (χ2n) is 7.66. The second kappa shape index (κ2) is 7.50. The summed E-state index contributed by atoms with van der Waals surface area (Å²) in [6.07, 6.45) is 3.86. The summed E-state index contributed by atoms with van der Waals surface area (Å²) in [5.41, 5.74) is 1.02. The second-order valence-corrected chi connectivity index (χ2v) is 10.2. The van der Waals surface area contributed by atoms with Gasteiger partial charge in [-0.2, -0.15) is 10.5 Å². The molecule has 3 aromatic rings. The minimum Gasteiger partial charge on any atom is -0.351 e. The largest absolute Gasteiger partial charge is 0.351 e. The van der Waals surface area contributed by atoms with Crippen LogP contribution >= 0.6 is 27.3 Å². The summed E-state index contributed by atoms with van der Waals surface area (Å²) >= 11 is 4.98. The van der Waals surface area contributed by atoms with E-state index in [1.54, 1.807) is 12.1 Å². The van der Waals surface area contributed by atoms with Crippen molar-refractivity contribution in [1.82, 2.24) is 0 Å². The number of benzene rings is 2. The van der Waals surface area contributed by atoms with E-state index in [-0.39, 0.29) is 5.78 Å². The van der Waals surface area contributed by atoms with E-state index in [0.717, 1.165) is 19.9 Å². The molecule has 0 saturated carbocycles. The van der Waals surface area contributed by atoms with Crippen molar-refractivity contribution in [1.29, 1.82) is 10.5 Å². The lowest BCUT2D eigenvalue weighted by Gasteiger charge is -2.35. The predicted molar refractivity (Wildman–Crippen MR) is 125 cm³/mol. The molecule has 4 nitrogen and oxygen atoms in total. The summed E-state index contributed by atoms with van der Waals surface area (Å²) in [6, 6.07) is 24.2. The van der Waals surface area contributed by atoms with Crippen molar-refractivity contribution in [3.05, 3.63) is 92.6 Å². The molecule has 0 N–H and O–H groups in total. The van der Waals surface area contributed by atoms with Gasteiger partial charge < -0.3 is 4.90 Å². The summed E-state index contributed by atoms with van der Waals surface area (Å²) in [6.45, 7) is 0. The zero-order valence-electron chi connectivity index (χ0n) is 16.3. The molecule has 2 aliphatic heterocycles. The number of hydrogen-bond donors (Lipinski definition) is 0. The Balaban J connectivity index is 1.79. The number of Topliss-reactive ketones (excluding diaryl/α,β-unsaturated/α-hetero) is 1. The quantitative estimate of drug-likeness (QED) is 0.439. The van der Waals surface area contributed by atoms with E-state index in [0.29, 0.717) is 5.56 Å². The van der Waals surface area contributed by atoms with E-state index in [1.165, 1.54) is 11.3 Å². The highest BCUT2D eigenvalue weighted by molar-refractivity contribution is 9.11. The number of nitriles is 2. The number of anilines is 1. The average molecular weight is 486 g/mol. The topological polar surface area (TPSA) is 67.9 Å². The van der Waals surface area contributed by atoms with Gasteiger partial charge in [0.25, 0.3) is 0 Å². The van der Waals surface area contributed by atoms with Gasteiger partial charge in [0.1, 0.15) is 6.04 Å². The van der Waals surface area contributed by atoms with Gasteiger partial charge in [0.15, 0.2) is 11.2 Å². The maximum atomic E-state index is 13.9. The molecule has 0 amide bonds. The van der Waals surface area contributed by atoms with Gasteiger partial charge in [-0.3, -0.25) is 4.79 Å². The SMILES string of the molecule is N#CC1(C#N)[C@H](c2ccc(Br)s2)[C@H](C(=O)c2ccccc2)N2c3ccccc3C=C[C@@H]21. The minimum absolute atomic E-state index is 0.0856. The van der Waals surface area contributed by atoms with Crippen LogP contribution in [0.5, 0.6) is 0 Å². The zero-order chi connectivity index (χ0) is 21.6. The fraction of sp³-hybridized carbons (Fsp3) is 0.160. The molecule has 31 heavy (non-hydrogen) atoms. The molecule has 150 valence electrons. The van der Waals surface area contributed by atoms with Crippen LogP contribution in [0.2, 0.25) is 0 Å². The van der Waals surface area contributed by atoms with Crippen LogP contribution in [-0.2, 0) is 0 Å². The number of rotatable bonds is 3. The summed E-state index contributed by atoms with van der Waals surface area (Å²) in [5, 5.41) is 20.7. The van der Waals surface area contributed by atoms with E-state index in [1.807, 2.05) is 71.6 Å². The number of carbonyl (C=O) groups is 1. The normalized spacial score (nSPS) is 22.8. The number of fused-ring (bicyclic) bond motifs is 3. The standard InChI is InChI=1S/C25H16BrN3OS/c26-21-13-11-19(31-21)22-23(24(30)17-7-2-1-3-8-17)29-18-9-5-4-6-16(18)10-12-20(29)25(22,14-27)15-28/h1-13,20,22-23H/t20-,22-,23-/m1/s1. The average Bonchev–Trinajstić information content (AvgIpc) is 3.37. The van der Waals surface area contributed by atoms with Crippen molar-refractivity contribution in [2.45, 2.75) is 18.0 Å². The molecular weight excluding hydrogens is 470 g/mol. The lowest BCUT2D eigenvalue weighted by molar-refractivity contribution is 0.0951. The summed E-state index contributed by atoms with van der Waals surface area (Å²) < 4.78 is 0.902. The van der Waals surface area contributed by atoms with Gasteiger partial charge in [0.2, 0.25) is 0 Å². The van der Waals surface area contributed by atoms with Crippen LogP contribution in [0.3, 0.4) is 0 Å². The third-order valence-corrected chi connectivity index (χ3v) is 7.85. The van der Waals surface area contributed by atoms with E-state index in [9.17, 15) is 15.3 Å². The van der Waals surface area contributed by atoms with Gasteiger partial charge in [-0.25, -0.2) is 0 Å². The number of para-hydroxylation sites is 1. The number of carbonyl (C=O) groups excluding carboxylic acids is 1. The van der Waals surface area contributed by atoms with Crippen molar-refractivity contribution < 1.29 is 4.79 Å². The molecule has 2 aromatic carbocycles. The van der Waals surface area contributed by atoms with Crippen molar-refractivity contribution in [3.63, 3.8) is 0 Å². The van der Waals surface area contributed by atoms with Gasteiger partial charge in [-0.05, 0) is 39.7 Å². The van der Waals surface area contributed by atoms with Gasteiger partial charge in [-0.15, -0.1) is 11.3 Å². The number of halogens is 1. The number of thiophene rings is 1. The van der Waals surface area contributed by atoms with Gasteiger partial charge >= 0.3 is 0 Å². The van der Waals surface area contributed by atoms with Crippen molar-refractivity contribution >= 4 is 44.8 Å². The third-order valence-electron chi connectivity index (χ3n) is 6.14. The predicted octanol–water partition coefficient (Wildman–Crippen LogP) is 5.79. The molecule has 0 unspecified atom stereocenters. The molecule has 1 aromatic heterocycles. The molecule has 5 rings (SSSR count). The third kappa shape index (κ3) is 2.87. The number of hydrogen-bond acceptors (Lipinski definition) is 5. The highest BCUT2D eigenvalue weighted by Gasteiger charge is 2.63. The van der Waals surface area contributed by atoms with Gasteiger partial charge in [0, 0.05) is 16.1 Å². The maximum absolute atomic E-state index is 13.9. The Labute approximate surface area is 192 Å². The first-order valence-corrected chi connectivity index (χ1v) is 11.4. The van der Waals surface area contributed by atoms with Gasteiger partial charge in [0.05, 0.1) is 27.9 Å². The lowest BCUT2D eigenvalue weighted by atomic mass is 9.71. The Morgan fingerprint density at radius 3 is 2.39 bits per heavy atom. The molecule has 0 radical (unpaired) electrons. The molecule has 6 heteroatoms. The molecule has 0 spiro atoms. The van der Waals surface area contributed by atoms with E-state index >= 15 is 0 Å². The van der Waals surface area contributed by atoms with Crippen LogP contribution in [0, 0.1) is 28.1 Å². The van der Waals surface area contributed by atoms with E-state index in [2.05, 4.69) is 28.1 Å². The van der Waals surface area contributed by atoms with Crippen molar-refractivity contribution in [3.8, 4) is 12.1 Å². The molecule has 1 saturated heterocycles. The Hall–Kier alpha value is -3.19. The summed E-state index contributed by atoms with van der Waals surface area (Å²) in [5.74, 6) is -0.676. The first kappa shape index (κ1) is 19.8. The van der Waals surface area contributed by atoms with E-state index in [4.69, 9.17) is 0 Å². The molecule has 2 aliphatic rings. The van der Waals surface area contributed by atoms with Crippen LogP contribution in [-0.4, -0.2) is 17.9 Å². The zero-order valence-corrected chi connectivity index (χ0v) is 18.7. The molecule has 1 fully saturated rings. The first-order chi connectivity index (χ1) is 15.1. The van der Waals surface area contributed by atoms with Crippen LogP contribution < -0.4 is 4.90 Å². The Morgan fingerprint density at radius 2 is 1.71 bits per heavy atom. The highest BCUT2D eigenvalue weighted by Crippen LogP contribution is 2.56. The molecular formula is C25H16BrN3OS. The Bertz CT molecular complexity index is 1270. The molecule has 3 heterocycles. The Morgan fingerprint density at radius 1 is 1.00 bits per heavy atom. The fourth-order valence-corrected chi connectivity index (χ4v) is 6.44. The number of nitrogens with zero attached hydrogens (tertiary/aromatic N) is 3. The summed E-state index contributed by atoms with van der Waals surface area (Å²) in [7, 11) is 0. The summed E-state index contributed by atoms with van der Waals surface area (Å²) in [4.78, 5) is 16.8. The minimum atomic E-state index is -1.40. The monoisotopic (exact) mass is 485 g/mol. The fourth-order valence-electron chi connectivity index (χ4n) is 4.81. The van der Waals surface area contributed by atoms with Crippen LogP contribution in [0.15, 0.2) is 76.6 Å². The van der Waals surface area contributed by atoms with Crippen molar-refractivity contribution in [2.24, 2.45) is 5.41 Å². The highest BCUT2D eigenvalue weighted by atomic mass is 79.9. The van der Waals surface area contributed by atoms with Crippen molar-refractivity contribution in [2.75, 3.05) is 4.90 Å². The lowest BCUT2D eigenvalue weighted by Crippen LogP contribution is -2.44. The van der Waals surface area contributed by atoms with Crippen LogP contribution in [0.1, 0.15) is 26.7 Å². The molecule has 0 aliphatic carbocycles. The molecule has 3 atom stereocenters. The molecule has 0 bridgehead atoms. The first-order valence-electron chi connectivity index (χ1n) is 9.83. The van der Waals surface area contributed by atoms with Gasteiger partial charge in [-0.1, -0.05) is 60.7 Å². The Kier molecular flexibility index (Phi) is 4.78.